The van der Waals surface area contributed by atoms with Crippen molar-refractivity contribution in [3.63, 3.8) is 0 Å². The van der Waals surface area contributed by atoms with Crippen molar-refractivity contribution >= 4 is 11.8 Å². The predicted octanol–water partition coefficient (Wildman–Crippen LogP) is 2.02. The molecule has 1 aliphatic rings. The first-order chi connectivity index (χ1) is 6.86. The minimum absolute atomic E-state index is 0.297. The number of thioether (sulfide) groups is 1. The number of aliphatic hydroxyl groups excluding tert-OH is 1. The summed E-state index contributed by atoms with van der Waals surface area (Å²) in [5, 5.41) is 12.8. The Morgan fingerprint density at radius 3 is 2.71 bits per heavy atom. The zero-order valence-electron chi connectivity index (χ0n) is 9.17. The molecule has 1 rings (SSSR count). The molecule has 0 bridgehead atoms. The van der Waals surface area contributed by atoms with Crippen molar-refractivity contribution in [2.24, 2.45) is 0 Å². The van der Waals surface area contributed by atoms with Gasteiger partial charge in [-0.3, -0.25) is 0 Å². The summed E-state index contributed by atoms with van der Waals surface area (Å²) in [5.41, 5.74) is 0. The molecule has 2 nitrogen and oxygen atoms in total. The van der Waals surface area contributed by atoms with Gasteiger partial charge in [0, 0.05) is 12.1 Å². The summed E-state index contributed by atoms with van der Waals surface area (Å²) in [6.07, 6.45) is 9.80. The molecule has 1 aliphatic carbocycles. The van der Waals surface area contributed by atoms with Gasteiger partial charge in [0.25, 0.3) is 0 Å². The first-order valence-corrected chi connectivity index (χ1v) is 7.12. The van der Waals surface area contributed by atoms with E-state index in [0.29, 0.717) is 18.7 Å². The Labute approximate surface area is 91.9 Å². The van der Waals surface area contributed by atoms with Crippen LogP contribution in [0.25, 0.3) is 0 Å². The minimum atomic E-state index is 0.297. The van der Waals surface area contributed by atoms with E-state index in [4.69, 9.17) is 0 Å². The molecule has 1 atom stereocenters. The highest BCUT2D eigenvalue weighted by atomic mass is 32.2. The molecule has 1 unspecified atom stereocenters. The molecule has 0 spiro atoms. The van der Waals surface area contributed by atoms with Crippen LogP contribution in [-0.2, 0) is 0 Å². The highest BCUT2D eigenvalue weighted by Crippen LogP contribution is 2.18. The lowest BCUT2D eigenvalue weighted by molar-refractivity contribution is 0.223. The maximum absolute atomic E-state index is 9.22. The van der Waals surface area contributed by atoms with Crippen molar-refractivity contribution in [2.75, 3.05) is 18.6 Å². The van der Waals surface area contributed by atoms with Crippen LogP contribution in [0, 0.1) is 0 Å². The highest BCUT2D eigenvalue weighted by molar-refractivity contribution is 7.98. The van der Waals surface area contributed by atoms with E-state index >= 15 is 0 Å². The number of aliphatic hydroxyl groups is 1. The second-order valence-electron chi connectivity index (χ2n) is 4.16. The van der Waals surface area contributed by atoms with Crippen molar-refractivity contribution in [3.8, 4) is 0 Å². The summed E-state index contributed by atoms with van der Waals surface area (Å²) in [6, 6.07) is 1.02. The van der Waals surface area contributed by atoms with Crippen LogP contribution in [0.5, 0.6) is 0 Å². The highest BCUT2D eigenvalue weighted by Gasteiger charge is 2.18. The topological polar surface area (TPSA) is 32.3 Å². The van der Waals surface area contributed by atoms with Gasteiger partial charge in [-0.25, -0.2) is 0 Å². The van der Waals surface area contributed by atoms with E-state index < -0.39 is 0 Å². The average Bonchev–Trinajstić information content (AvgIpc) is 2.69. The van der Waals surface area contributed by atoms with Gasteiger partial charge in [0.1, 0.15) is 0 Å². The van der Waals surface area contributed by atoms with Gasteiger partial charge in [0.2, 0.25) is 0 Å². The second kappa shape index (κ2) is 7.55. The molecular weight excluding hydrogens is 194 g/mol. The molecule has 1 saturated carbocycles. The largest absolute Gasteiger partial charge is 0.395 e. The van der Waals surface area contributed by atoms with Gasteiger partial charge >= 0.3 is 0 Å². The van der Waals surface area contributed by atoms with E-state index in [-0.39, 0.29) is 0 Å². The van der Waals surface area contributed by atoms with E-state index in [1.165, 1.54) is 37.9 Å². The van der Waals surface area contributed by atoms with Crippen molar-refractivity contribution < 1.29 is 5.11 Å². The molecule has 3 heteroatoms. The Morgan fingerprint density at radius 2 is 2.14 bits per heavy atom. The van der Waals surface area contributed by atoms with Crippen molar-refractivity contribution in [1.29, 1.82) is 0 Å². The van der Waals surface area contributed by atoms with E-state index in [2.05, 4.69) is 11.6 Å². The molecule has 84 valence electrons. The first-order valence-electron chi connectivity index (χ1n) is 5.72. The average molecular weight is 217 g/mol. The standard InChI is InChI=1S/C11H23NOS/c1-14-8-4-7-11(9-13)12-10-5-2-3-6-10/h10-13H,2-9H2,1H3. The van der Waals surface area contributed by atoms with Crippen LogP contribution in [-0.4, -0.2) is 35.8 Å². The quantitative estimate of drug-likeness (QED) is 0.640. The third-order valence-corrected chi connectivity index (χ3v) is 3.64. The Bertz CT molecular complexity index is 137. The third kappa shape index (κ3) is 4.67. The fourth-order valence-corrected chi connectivity index (χ4v) is 2.58. The lowest BCUT2D eigenvalue weighted by Crippen LogP contribution is -2.39. The van der Waals surface area contributed by atoms with Crippen molar-refractivity contribution in [3.05, 3.63) is 0 Å². The number of nitrogens with one attached hydrogen (secondary N) is 1. The van der Waals surface area contributed by atoms with Crippen molar-refractivity contribution in [1.82, 2.24) is 5.32 Å². The van der Waals surface area contributed by atoms with Gasteiger partial charge in [0.05, 0.1) is 6.61 Å². The lowest BCUT2D eigenvalue weighted by Gasteiger charge is -2.20. The molecule has 0 aliphatic heterocycles. The zero-order chi connectivity index (χ0) is 10.2. The van der Waals surface area contributed by atoms with Crippen molar-refractivity contribution in [2.45, 2.75) is 50.6 Å². The predicted molar refractivity (Wildman–Crippen MR) is 63.9 cm³/mol. The lowest BCUT2D eigenvalue weighted by atomic mass is 10.1. The molecule has 0 aromatic carbocycles. The zero-order valence-corrected chi connectivity index (χ0v) is 9.98. The van der Waals surface area contributed by atoms with Gasteiger partial charge in [-0.15, -0.1) is 0 Å². The van der Waals surface area contributed by atoms with Crippen LogP contribution in [0.4, 0.5) is 0 Å². The van der Waals surface area contributed by atoms with E-state index in [9.17, 15) is 5.11 Å². The maximum atomic E-state index is 9.22. The SMILES string of the molecule is CSCCCC(CO)NC1CCCC1. The Balaban J connectivity index is 2.10. The second-order valence-corrected chi connectivity index (χ2v) is 5.15. The summed E-state index contributed by atoms with van der Waals surface area (Å²) >= 11 is 1.89. The molecule has 0 heterocycles. The molecule has 0 amide bonds. The third-order valence-electron chi connectivity index (χ3n) is 2.95. The summed E-state index contributed by atoms with van der Waals surface area (Å²) < 4.78 is 0. The molecule has 0 radical (unpaired) electrons. The van der Waals surface area contributed by atoms with Gasteiger partial charge in [-0.2, -0.15) is 11.8 Å². The van der Waals surface area contributed by atoms with Gasteiger partial charge < -0.3 is 10.4 Å². The fourth-order valence-electron chi connectivity index (χ4n) is 2.13. The van der Waals surface area contributed by atoms with Gasteiger partial charge in [-0.1, -0.05) is 12.8 Å². The summed E-state index contributed by atoms with van der Waals surface area (Å²) in [6.45, 7) is 0.297. The van der Waals surface area contributed by atoms with Crippen LogP contribution in [0.2, 0.25) is 0 Å². The van der Waals surface area contributed by atoms with Crippen LogP contribution in [0.1, 0.15) is 38.5 Å². The first kappa shape index (κ1) is 12.3. The monoisotopic (exact) mass is 217 g/mol. The summed E-state index contributed by atoms with van der Waals surface area (Å²) in [7, 11) is 0. The number of hydrogen-bond acceptors (Lipinski definition) is 3. The molecule has 1 fully saturated rings. The van der Waals surface area contributed by atoms with Crippen LogP contribution >= 0.6 is 11.8 Å². The molecule has 0 aromatic rings. The Kier molecular flexibility index (Phi) is 6.65. The minimum Gasteiger partial charge on any atom is -0.395 e. The van der Waals surface area contributed by atoms with Crippen LogP contribution in [0.3, 0.4) is 0 Å². The van der Waals surface area contributed by atoms with E-state index in [1.807, 2.05) is 11.8 Å². The number of rotatable bonds is 7. The van der Waals surface area contributed by atoms with Gasteiger partial charge in [-0.05, 0) is 37.7 Å². The molecule has 0 saturated heterocycles. The number of hydrogen-bond donors (Lipinski definition) is 2. The normalized spacial score (nSPS) is 20.1. The maximum Gasteiger partial charge on any atom is 0.0584 e. The molecular formula is C11H23NOS. The Hall–Kier alpha value is 0.270. The molecule has 14 heavy (non-hydrogen) atoms. The van der Waals surface area contributed by atoms with E-state index in [1.54, 1.807) is 0 Å². The smallest absolute Gasteiger partial charge is 0.0584 e. The molecule has 0 aromatic heterocycles. The molecule has 2 N–H and O–H groups in total. The van der Waals surface area contributed by atoms with Crippen LogP contribution < -0.4 is 5.32 Å². The summed E-state index contributed by atoms with van der Waals surface area (Å²) in [5.74, 6) is 1.21. The van der Waals surface area contributed by atoms with Crippen LogP contribution in [0.15, 0.2) is 0 Å². The summed E-state index contributed by atoms with van der Waals surface area (Å²) in [4.78, 5) is 0. The van der Waals surface area contributed by atoms with Gasteiger partial charge in [0.15, 0.2) is 0 Å². The van der Waals surface area contributed by atoms with E-state index in [0.717, 1.165) is 6.42 Å². The fraction of sp³-hybridized carbons (Fsp3) is 1.00. The Morgan fingerprint density at radius 1 is 1.43 bits per heavy atom.